The summed E-state index contributed by atoms with van der Waals surface area (Å²) in [6, 6.07) is 8.62. The second-order valence-electron chi connectivity index (χ2n) is 3.41. The summed E-state index contributed by atoms with van der Waals surface area (Å²) >= 11 is 5.65. The van der Waals surface area contributed by atoms with Crippen LogP contribution < -0.4 is 0 Å². The third-order valence-corrected chi connectivity index (χ3v) is 2.21. The lowest BCUT2D eigenvalue weighted by Gasteiger charge is -2.14. The van der Waals surface area contributed by atoms with Crippen LogP contribution in [0.1, 0.15) is 11.1 Å². The van der Waals surface area contributed by atoms with Gasteiger partial charge in [0, 0.05) is 19.0 Å². The third-order valence-electron chi connectivity index (χ3n) is 2.04. The first-order chi connectivity index (χ1) is 6.22. The van der Waals surface area contributed by atoms with Gasteiger partial charge in [-0.1, -0.05) is 29.8 Å². The second-order valence-corrected chi connectivity index (χ2v) is 3.79. The smallest absolute Gasteiger partial charge is 0.0351 e. The Hall–Kier alpha value is -0.530. The molecule has 0 amide bonds. The highest BCUT2D eigenvalue weighted by Gasteiger charge is 1.98. The first kappa shape index (κ1) is 10.6. The van der Waals surface area contributed by atoms with Crippen LogP contribution in [0, 0.1) is 6.92 Å². The Balaban J connectivity index is 2.49. The fourth-order valence-corrected chi connectivity index (χ4v) is 1.52. The van der Waals surface area contributed by atoms with Crippen LogP contribution in [0.5, 0.6) is 0 Å². The molecule has 0 aromatic heterocycles. The molecule has 0 saturated heterocycles. The first-order valence-corrected chi connectivity index (χ1v) is 5.06. The molecule has 0 bridgehead atoms. The lowest BCUT2D eigenvalue weighted by molar-refractivity contribution is 0.348. The van der Waals surface area contributed by atoms with E-state index in [1.807, 2.05) is 0 Å². The van der Waals surface area contributed by atoms with E-state index in [1.54, 1.807) is 0 Å². The molecule has 13 heavy (non-hydrogen) atoms. The van der Waals surface area contributed by atoms with E-state index < -0.39 is 0 Å². The zero-order valence-electron chi connectivity index (χ0n) is 8.26. The van der Waals surface area contributed by atoms with Crippen LogP contribution in [0.3, 0.4) is 0 Å². The topological polar surface area (TPSA) is 3.24 Å². The van der Waals surface area contributed by atoms with Crippen LogP contribution in [-0.2, 0) is 6.54 Å². The van der Waals surface area contributed by atoms with Crippen molar-refractivity contribution in [1.29, 1.82) is 0 Å². The van der Waals surface area contributed by atoms with Gasteiger partial charge in [-0.2, -0.15) is 0 Å². The van der Waals surface area contributed by atoms with Crippen LogP contribution in [0.2, 0.25) is 0 Å². The van der Waals surface area contributed by atoms with Crippen molar-refractivity contribution in [2.75, 3.05) is 19.5 Å². The Bertz CT molecular complexity index is 243. The summed E-state index contributed by atoms with van der Waals surface area (Å²) in [5.74, 6) is 0.697. The van der Waals surface area contributed by atoms with Crippen molar-refractivity contribution in [3.8, 4) is 0 Å². The van der Waals surface area contributed by atoms with Gasteiger partial charge in [0.05, 0.1) is 0 Å². The molecule has 1 rings (SSSR count). The van der Waals surface area contributed by atoms with E-state index in [1.165, 1.54) is 11.1 Å². The molecule has 0 aliphatic heterocycles. The number of hydrogen-bond acceptors (Lipinski definition) is 1. The number of halogens is 1. The maximum atomic E-state index is 5.65. The minimum atomic E-state index is 0.697. The monoisotopic (exact) mass is 197 g/mol. The molecule has 2 heteroatoms. The van der Waals surface area contributed by atoms with Crippen molar-refractivity contribution in [3.63, 3.8) is 0 Å². The number of nitrogens with zero attached hydrogens (tertiary/aromatic N) is 1. The lowest BCUT2D eigenvalue weighted by Crippen LogP contribution is -2.19. The maximum Gasteiger partial charge on any atom is 0.0351 e. The standard InChI is InChI=1S/C11H16ClN/c1-10-3-5-11(6-4-10)9-13(2)8-7-12/h3-6H,7-9H2,1-2H3. The van der Waals surface area contributed by atoms with Crippen molar-refractivity contribution < 1.29 is 0 Å². The molecule has 1 nitrogen and oxygen atoms in total. The van der Waals surface area contributed by atoms with E-state index in [4.69, 9.17) is 11.6 Å². The van der Waals surface area contributed by atoms with Gasteiger partial charge in [-0.25, -0.2) is 0 Å². The zero-order valence-corrected chi connectivity index (χ0v) is 9.01. The van der Waals surface area contributed by atoms with Crippen molar-refractivity contribution in [2.24, 2.45) is 0 Å². The highest BCUT2D eigenvalue weighted by Crippen LogP contribution is 2.05. The van der Waals surface area contributed by atoms with Gasteiger partial charge in [0.15, 0.2) is 0 Å². The normalized spacial score (nSPS) is 10.8. The average molecular weight is 198 g/mol. The minimum absolute atomic E-state index is 0.697. The Morgan fingerprint density at radius 1 is 1.23 bits per heavy atom. The van der Waals surface area contributed by atoms with E-state index in [9.17, 15) is 0 Å². The van der Waals surface area contributed by atoms with Crippen LogP contribution in [0.4, 0.5) is 0 Å². The molecule has 1 aromatic carbocycles. The van der Waals surface area contributed by atoms with E-state index >= 15 is 0 Å². The molecule has 0 N–H and O–H groups in total. The molecule has 0 radical (unpaired) electrons. The summed E-state index contributed by atoms with van der Waals surface area (Å²) in [5, 5.41) is 0. The molecule has 72 valence electrons. The number of aryl methyl sites for hydroxylation is 1. The lowest BCUT2D eigenvalue weighted by atomic mass is 10.1. The van der Waals surface area contributed by atoms with E-state index in [0.29, 0.717) is 5.88 Å². The largest absolute Gasteiger partial charge is 0.301 e. The number of hydrogen-bond donors (Lipinski definition) is 0. The maximum absolute atomic E-state index is 5.65. The predicted molar refractivity (Wildman–Crippen MR) is 58.2 cm³/mol. The number of alkyl halides is 1. The molecule has 0 fully saturated rings. The highest BCUT2D eigenvalue weighted by molar-refractivity contribution is 6.18. The first-order valence-electron chi connectivity index (χ1n) is 4.52. The van der Waals surface area contributed by atoms with E-state index in [2.05, 4.69) is 43.1 Å². The average Bonchev–Trinajstić information content (AvgIpc) is 2.09. The zero-order chi connectivity index (χ0) is 9.68. The van der Waals surface area contributed by atoms with Gasteiger partial charge in [-0.05, 0) is 19.5 Å². The molecule has 0 heterocycles. The molecule has 0 unspecified atom stereocenters. The van der Waals surface area contributed by atoms with Crippen LogP contribution in [0.25, 0.3) is 0 Å². The van der Waals surface area contributed by atoms with Crippen molar-refractivity contribution in [3.05, 3.63) is 35.4 Å². The number of benzene rings is 1. The third kappa shape index (κ3) is 3.79. The number of rotatable bonds is 4. The van der Waals surface area contributed by atoms with E-state index in [0.717, 1.165) is 13.1 Å². The Morgan fingerprint density at radius 2 is 1.85 bits per heavy atom. The van der Waals surface area contributed by atoms with Gasteiger partial charge in [0.25, 0.3) is 0 Å². The summed E-state index contributed by atoms with van der Waals surface area (Å²) < 4.78 is 0. The van der Waals surface area contributed by atoms with Gasteiger partial charge < -0.3 is 4.90 Å². The Morgan fingerprint density at radius 3 is 2.38 bits per heavy atom. The molecular formula is C11H16ClN. The van der Waals surface area contributed by atoms with Crippen LogP contribution in [-0.4, -0.2) is 24.4 Å². The Kier molecular flexibility index (Phi) is 4.26. The fraction of sp³-hybridized carbons (Fsp3) is 0.455. The SMILES string of the molecule is Cc1ccc(CN(C)CCCl)cc1. The van der Waals surface area contributed by atoms with Crippen molar-refractivity contribution >= 4 is 11.6 Å². The molecule has 1 aromatic rings. The molecule has 0 atom stereocenters. The highest BCUT2D eigenvalue weighted by atomic mass is 35.5. The summed E-state index contributed by atoms with van der Waals surface area (Å²) in [7, 11) is 2.09. The summed E-state index contributed by atoms with van der Waals surface area (Å²) in [6.45, 7) is 4.02. The summed E-state index contributed by atoms with van der Waals surface area (Å²) in [5.41, 5.74) is 2.65. The van der Waals surface area contributed by atoms with Gasteiger partial charge in [0.2, 0.25) is 0 Å². The van der Waals surface area contributed by atoms with E-state index in [-0.39, 0.29) is 0 Å². The van der Waals surface area contributed by atoms with Gasteiger partial charge in [-0.15, -0.1) is 11.6 Å². The van der Waals surface area contributed by atoms with Gasteiger partial charge >= 0.3 is 0 Å². The van der Waals surface area contributed by atoms with Crippen molar-refractivity contribution in [2.45, 2.75) is 13.5 Å². The molecule has 0 spiro atoms. The fourth-order valence-electron chi connectivity index (χ4n) is 1.23. The van der Waals surface area contributed by atoms with Crippen LogP contribution >= 0.6 is 11.6 Å². The quantitative estimate of drug-likeness (QED) is 0.671. The van der Waals surface area contributed by atoms with Gasteiger partial charge in [-0.3, -0.25) is 0 Å². The van der Waals surface area contributed by atoms with Gasteiger partial charge in [0.1, 0.15) is 0 Å². The molecule has 0 aliphatic rings. The van der Waals surface area contributed by atoms with Crippen LogP contribution in [0.15, 0.2) is 24.3 Å². The molecular weight excluding hydrogens is 182 g/mol. The van der Waals surface area contributed by atoms with Crippen molar-refractivity contribution in [1.82, 2.24) is 4.90 Å². The summed E-state index contributed by atoms with van der Waals surface area (Å²) in [6.07, 6.45) is 0. The summed E-state index contributed by atoms with van der Waals surface area (Å²) in [4.78, 5) is 2.22. The second kappa shape index (κ2) is 5.25. The predicted octanol–water partition coefficient (Wildman–Crippen LogP) is 2.67. The molecule has 0 saturated carbocycles. The molecule has 0 aliphatic carbocycles. The minimum Gasteiger partial charge on any atom is -0.301 e. The Labute approximate surface area is 85.3 Å².